The third kappa shape index (κ3) is 4.63. The van der Waals surface area contributed by atoms with Gasteiger partial charge in [0.25, 0.3) is 5.91 Å². The highest BCUT2D eigenvalue weighted by atomic mass is 79.9. The third-order valence-electron chi connectivity index (χ3n) is 4.07. The standard InChI is InChI=1S/C22H17BrN2O3S/c1-2-27-19-6-4-3-5-17(19)24-22-25-21(26)20(29-22)13-16-11-12-18(28-16)14-7-9-15(23)10-8-14/h3-13H,2H2,1H3,(H,24,25,26)/b20-13+. The van der Waals surface area contributed by atoms with E-state index in [9.17, 15) is 4.79 Å². The summed E-state index contributed by atoms with van der Waals surface area (Å²) in [5.74, 6) is 1.83. The van der Waals surface area contributed by atoms with Gasteiger partial charge in [0.2, 0.25) is 0 Å². The lowest BCUT2D eigenvalue weighted by Gasteiger charge is -2.06. The molecule has 1 aliphatic rings. The molecule has 5 nitrogen and oxygen atoms in total. The fourth-order valence-electron chi connectivity index (χ4n) is 2.75. The first kappa shape index (κ1) is 19.5. The number of nitrogens with zero attached hydrogens (tertiary/aromatic N) is 1. The number of carbonyl (C=O) groups is 1. The van der Waals surface area contributed by atoms with Gasteiger partial charge in [-0.1, -0.05) is 40.2 Å². The van der Waals surface area contributed by atoms with Gasteiger partial charge in [-0.2, -0.15) is 0 Å². The number of nitrogens with one attached hydrogen (secondary N) is 1. The lowest BCUT2D eigenvalue weighted by Crippen LogP contribution is -2.19. The molecule has 2 heterocycles. The van der Waals surface area contributed by atoms with E-state index >= 15 is 0 Å². The summed E-state index contributed by atoms with van der Waals surface area (Å²) in [7, 11) is 0. The molecule has 1 fully saturated rings. The van der Waals surface area contributed by atoms with Crippen LogP contribution in [0.5, 0.6) is 5.75 Å². The second-order valence-corrected chi connectivity index (χ2v) is 8.04. The van der Waals surface area contributed by atoms with Crippen LogP contribution in [0, 0.1) is 0 Å². The zero-order chi connectivity index (χ0) is 20.2. The molecule has 146 valence electrons. The number of amidine groups is 1. The van der Waals surface area contributed by atoms with E-state index in [1.807, 2.05) is 67.6 Å². The second kappa shape index (κ2) is 8.71. The van der Waals surface area contributed by atoms with Crippen LogP contribution in [0.3, 0.4) is 0 Å². The number of hydrogen-bond acceptors (Lipinski definition) is 5. The second-order valence-electron chi connectivity index (χ2n) is 6.09. The average molecular weight is 469 g/mol. The van der Waals surface area contributed by atoms with Crippen molar-refractivity contribution in [1.82, 2.24) is 5.32 Å². The number of carbonyl (C=O) groups excluding carboxylic acids is 1. The number of amides is 1. The van der Waals surface area contributed by atoms with E-state index in [-0.39, 0.29) is 5.91 Å². The molecule has 0 bridgehead atoms. The van der Waals surface area contributed by atoms with Gasteiger partial charge in [0.1, 0.15) is 23.0 Å². The van der Waals surface area contributed by atoms with E-state index in [0.29, 0.717) is 33.9 Å². The summed E-state index contributed by atoms with van der Waals surface area (Å²) < 4.78 is 12.5. The van der Waals surface area contributed by atoms with Gasteiger partial charge in [0, 0.05) is 16.1 Å². The van der Waals surface area contributed by atoms with E-state index in [1.54, 1.807) is 6.08 Å². The maximum absolute atomic E-state index is 12.3. The number of benzene rings is 2. The van der Waals surface area contributed by atoms with Crippen LogP contribution in [-0.4, -0.2) is 17.7 Å². The van der Waals surface area contributed by atoms with Gasteiger partial charge in [-0.3, -0.25) is 4.79 Å². The SMILES string of the molecule is CCOc1ccccc1N=C1NC(=O)/C(=C\c2ccc(-c3ccc(Br)cc3)o2)S1. The van der Waals surface area contributed by atoms with E-state index < -0.39 is 0 Å². The smallest absolute Gasteiger partial charge is 0.264 e. The minimum atomic E-state index is -0.204. The molecule has 1 saturated heterocycles. The minimum absolute atomic E-state index is 0.204. The van der Waals surface area contributed by atoms with Crippen molar-refractivity contribution in [3.05, 3.63) is 75.8 Å². The Morgan fingerprint density at radius 2 is 1.93 bits per heavy atom. The average Bonchev–Trinajstić information content (AvgIpc) is 3.31. The Labute approximate surface area is 181 Å². The topological polar surface area (TPSA) is 63.8 Å². The van der Waals surface area contributed by atoms with Crippen molar-refractivity contribution in [3.8, 4) is 17.1 Å². The molecule has 1 aromatic heterocycles. The largest absolute Gasteiger partial charge is 0.492 e. The van der Waals surface area contributed by atoms with Crippen LogP contribution in [0.15, 0.2) is 79.5 Å². The zero-order valence-electron chi connectivity index (χ0n) is 15.5. The molecule has 0 atom stereocenters. The monoisotopic (exact) mass is 468 g/mol. The predicted octanol–water partition coefficient (Wildman–Crippen LogP) is 6.00. The quantitative estimate of drug-likeness (QED) is 0.466. The van der Waals surface area contributed by atoms with Gasteiger partial charge in [-0.25, -0.2) is 4.99 Å². The lowest BCUT2D eigenvalue weighted by molar-refractivity contribution is -0.115. The minimum Gasteiger partial charge on any atom is -0.492 e. The third-order valence-corrected chi connectivity index (χ3v) is 5.51. The Bertz CT molecular complexity index is 1100. The molecule has 1 N–H and O–H groups in total. The molecule has 29 heavy (non-hydrogen) atoms. The number of rotatable bonds is 5. The fourth-order valence-corrected chi connectivity index (χ4v) is 3.83. The van der Waals surface area contributed by atoms with Crippen LogP contribution >= 0.6 is 27.7 Å². The first-order valence-electron chi connectivity index (χ1n) is 8.99. The van der Waals surface area contributed by atoms with Crippen molar-refractivity contribution in [3.63, 3.8) is 0 Å². The molecule has 0 saturated carbocycles. The molecular weight excluding hydrogens is 452 g/mol. The number of aliphatic imine (C=N–C) groups is 1. The highest BCUT2D eigenvalue weighted by molar-refractivity contribution is 9.10. The van der Waals surface area contributed by atoms with Gasteiger partial charge < -0.3 is 14.5 Å². The first-order valence-corrected chi connectivity index (χ1v) is 10.6. The van der Waals surface area contributed by atoms with Gasteiger partial charge in [0.05, 0.1) is 11.5 Å². The molecular formula is C22H17BrN2O3S. The summed E-state index contributed by atoms with van der Waals surface area (Å²) in [6, 6.07) is 19.1. The summed E-state index contributed by atoms with van der Waals surface area (Å²) in [6.07, 6.45) is 1.72. The van der Waals surface area contributed by atoms with E-state index in [1.165, 1.54) is 11.8 Å². The number of thioether (sulfide) groups is 1. The van der Waals surface area contributed by atoms with Crippen molar-refractivity contribution < 1.29 is 13.9 Å². The number of furan rings is 1. The van der Waals surface area contributed by atoms with Crippen molar-refractivity contribution in [2.75, 3.05) is 6.61 Å². The summed E-state index contributed by atoms with van der Waals surface area (Å²) in [6.45, 7) is 2.47. The van der Waals surface area contributed by atoms with E-state index in [2.05, 4.69) is 26.2 Å². The zero-order valence-corrected chi connectivity index (χ0v) is 17.9. The van der Waals surface area contributed by atoms with Crippen molar-refractivity contribution >= 4 is 50.5 Å². The van der Waals surface area contributed by atoms with Crippen molar-refractivity contribution in [2.45, 2.75) is 6.92 Å². The summed E-state index contributed by atoms with van der Waals surface area (Å²) >= 11 is 4.70. The normalized spacial score (nSPS) is 16.4. The number of ether oxygens (including phenoxy) is 1. The van der Waals surface area contributed by atoms with Crippen LogP contribution in [0.25, 0.3) is 17.4 Å². The Balaban J connectivity index is 1.54. The molecule has 0 radical (unpaired) electrons. The predicted molar refractivity (Wildman–Crippen MR) is 120 cm³/mol. The molecule has 0 aliphatic carbocycles. The van der Waals surface area contributed by atoms with Gasteiger partial charge in [-0.05, 0) is 55.1 Å². The Kier molecular flexibility index (Phi) is 5.87. The summed E-state index contributed by atoms with van der Waals surface area (Å²) in [5.41, 5.74) is 1.64. The molecule has 1 amide bonds. The summed E-state index contributed by atoms with van der Waals surface area (Å²) in [4.78, 5) is 17.4. The highest BCUT2D eigenvalue weighted by Crippen LogP contribution is 2.33. The van der Waals surface area contributed by atoms with Crippen LogP contribution in [-0.2, 0) is 4.79 Å². The Morgan fingerprint density at radius 1 is 1.14 bits per heavy atom. The molecule has 4 rings (SSSR count). The Hall–Kier alpha value is -2.77. The molecule has 0 spiro atoms. The Morgan fingerprint density at radius 3 is 2.72 bits per heavy atom. The lowest BCUT2D eigenvalue weighted by atomic mass is 10.2. The van der Waals surface area contributed by atoms with Crippen LogP contribution < -0.4 is 10.1 Å². The molecule has 3 aromatic rings. The number of halogens is 1. The van der Waals surface area contributed by atoms with Crippen molar-refractivity contribution in [1.29, 1.82) is 0 Å². The van der Waals surface area contributed by atoms with Gasteiger partial charge >= 0.3 is 0 Å². The van der Waals surface area contributed by atoms with Crippen molar-refractivity contribution in [2.24, 2.45) is 4.99 Å². The fraction of sp³-hybridized carbons (Fsp3) is 0.0909. The van der Waals surface area contributed by atoms with Crippen LogP contribution in [0.4, 0.5) is 5.69 Å². The molecule has 7 heteroatoms. The highest BCUT2D eigenvalue weighted by Gasteiger charge is 2.24. The number of hydrogen-bond donors (Lipinski definition) is 1. The number of para-hydroxylation sites is 2. The van der Waals surface area contributed by atoms with Crippen LogP contribution in [0.2, 0.25) is 0 Å². The first-order chi connectivity index (χ1) is 14.1. The maximum atomic E-state index is 12.3. The maximum Gasteiger partial charge on any atom is 0.264 e. The van der Waals surface area contributed by atoms with E-state index in [4.69, 9.17) is 9.15 Å². The van der Waals surface area contributed by atoms with E-state index in [0.717, 1.165) is 15.8 Å². The summed E-state index contributed by atoms with van der Waals surface area (Å²) in [5, 5.41) is 3.30. The van der Waals surface area contributed by atoms with Crippen LogP contribution in [0.1, 0.15) is 12.7 Å². The molecule has 0 unspecified atom stereocenters. The van der Waals surface area contributed by atoms with Gasteiger partial charge in [0.15, 0.2) is 5.17 Å². The molecule has 2 aromatic carbocycles. The van der Waals surface area contributed by atoms with Gasteiger partial charge in [-0.15, -0.1) is 0 Å². The molecule has 1 aliphatic heterocycles.